The van der Waals surface area contributed by atoms with Crippen LogP contribution in [0.2, 0.25) is 0 Å². The molecule has 2 saturated heterocycles. The second kappa shape index (κ2) is 6.32. The van der Waals surface area contributed by atoms with Crippen molar-refractivity contribution in [1.29, 1.82) is 0 Å². The summed E-state index contributed by atoms with van der Waals surface area (Å²) < 4.78 is 26.4. The van der Waals surface area contributed by atoms with Crippen LogP contribution in [0, 0.1) is 5.92 Å². The molecule has 2 fully saturated rings. The molecule has 2 aliphatic rings. The molecule has 1 N–H and O–H groups in total. The number of piperidine rings is 1. The third kappa shape index (κ3) is 3.64. The van der Waals surface area contributed by atoms with Crippen molar-refractivity contribution in [2.45, 2.75) is 37.6 Å². The van der Waals surface area contributed by atoms with Crippen LogP contribution in [0.1, 0.15) is 24.8 Å². The maximum absolute atomic E-state index is 13.2. The van der Waals surface area contributed by atoms with Gasteiger partial charge in [-0.3, -0.25) is 10.1 Å². The molecule has 1 atom stereocenters. The van der Waals surface area contributed by atoms with Crippen LogP contribution in [-0.2, 0) is 11.2 Å². The van der Waals surface area contributed by atoms with Crippen molar-refractivity contribution < 1.29 is 13.6 Å². The molecule has 1 amide bonds. The van der Waals surface area contributed by atoms with Gasteiger partial charge in [0.2, 0.25) is 5.91 Å². The summed E-state index contributed by atoms with van der Waals surface area (Å²) >= 11 is 0. The van der Waals surface area contributed by atoms with Gasteiger partial charge >= 0.3 is 0 Å². The molecule has 1 aromatic carbocycles. The zero-order valence-corrected chi connectivity index (χ0v) is 12.6. The van der Waals surface area contributed by atoms with Gasteiger partial charge in [-0.05, 0) is 30.7 Å². The van der Waals surface area contributed by atoms with E-state index in [1.165, 1.54) is 5.56 Å². The van der Waals surface area contributed by atoms with E-state index in [0.717, 1.165) is 19.3 Å². The third-order valence-corrected chi connectivity index (χ3v) is 4.70. The van der Waals surface area contributed by atoms with Crippen LogP contribution in [0.3, 0.4) is 0 Å². The largest absolute Gasteiger partial charge is 0.341 e. The Morgan fingerprint density at radius 3 is 2.50 bits per heavy atom. The smallest absolute Gasteiger partial charge is 0.262 e. The Morgan fingerprint density at radius 1 is 1.23 bits per heavy atom. The van der Waals surface area contributed by atoms with Crippen molar-refractivity contribution in [3.05, 3.63) is 35.9 Å². The minimum absolute atomic E-state index is 0.157. The van der Waals surface area contributed by atoms with Crippen LogP contribution < -0.4 is 5.32 Å². The van der Waals surface area contributed by atoms with Crippen LogP contribution in [0.15, 0.2) is 30.3 Å². The Labute approximate surface area is 129 Å². The summed E-state index contributed by atoms with van der Waals surface area (Å²) in [6, 6.07) is 9.64. The second-order valence-electron chi connectivity index (χ2n) is 6.45. The van der Waals surface area contributed by atoms with E-state index in [4.69, 9.17) is 0 Å². The quantitative estimate of drug-likeness (QED) is 0.930. The van der Waals surface area contributed by atoms with Gasteiger partial charge < -0.3 is 4.90 Å². The Balaban J connectivity index is 1.48. The summed E-state index contributed by atoms with van der Waals surface area (Å²) in [4.78, 5) is 14.0. The lowest BCUT2D eigenvalue weighted by Crippen LogP contribution is -2.47. The zero-order valence-electron chi connectivity index (χ0n) is 12.6. The maximum Gasteiger partial charge on any atom is 0.262 e. The third-order valence-electron chi connectivity index (χ3n) is 4.70. The van der Waals surface area contributed by atoms with Crippen molar-refractivity contribution in [3.63, 3.8) is 0 Å². The average molecular weight is 308 g/mol. The highest BCUT2D eigenvalue weighted by atomic mass is 19.3. The summed E-state index contributed by atoms with van der Waals surface area (Å²) in [7, 11) is 0. The van der Waals surface area contributed by atoms with Crippen LogP contribution in [0.5, 0.6) is 0 Å². The van der Waals surface area contributed by atoms with Gasteiger partial charge in [0.15, 0.2) is 0 Å². The monoisotopic (exact) mass is 308 g/mol. The highest BCUT2D eigenvalue weighted by Gasteiger charge is 2.43. The van der Waals surface area contributed by atoms with E-state index in [9.17, 15) is 13.6 Å². The second-order valence-corrected chi connectivity index (χ2v) is 6.45. The predicted molar refractivity (Wildman–Crippen MR) is 80.8 cm³/mol. The van der Waals surface area contributed by atoms with Crippen LogP contribution >= 0.6 is 0 Å². The Bertz CT molecular complexity index is 513. The molecule has 0 bridgehead atoms. The summed E-state index contributed by atoms with van der Waals surface area (Å²) in [5.41, 5.74) is 1.32. The highest BCUT2D eigenvalue weighted by molar-refractivity contribution is 5.82. The molecule has 3 rings (SSSR count). The first-order valence-corrected chi connectivity index (χ1v) is 7.97. The molecular weight excluding hydrogens is 286 g/mol. The summed E-state index contributed by atoms with van der Waals surface area (Å²) in [6.07, 6.45) is 2.56. The molecule has 0 spiro atoms. The molecular formula is C17H22F2N2O. The van der Waals surface area contributed by atoms with Crippen molar-refractivity contribution in [3.8, 4) is 0 Å². The number of hydrogen-bond donors (Lipinski definition) is 1. The average Bonchev–Trinajstić information content (AvgIpc) is 2.88. The number of halogens is 2. The number of nitrogens with one attached hydrogen (secondary N) is 1. The van der Waals surface area contributed by atoms with Gasteiger partial charge in [0, 0.05) is 19.5 Å². The Kier molecular flexibility index (Phi) is 4.43. The summed E-state index contributed by atoms with van der Waals surface area (Å²) in [6.45, 7) is 0.980. The van der Waals surface area contributed by atoms with E-state index in [2.05, 4.69) is 17.4 Å². The molecule has 0 radical (unpaired) electrons. The van der Waals surface area contributed by atoms with Crippen molar-refractivity contribution in [2.24, 2.45) is 5.92 Å². The Hall–Kier alpha value is -1.49. The topological polar surface area (TPSA) is 32.3 Å². The summed E-state index contributed by atoms with van der Waals surface area (Å²) in [5.74, 6) is -2.33. The van der Waals surface area contributed by atoms with Gasteiger partial charge in [0.1, 0.15) is 0 Å². The van der Waals surface area contributed by atoms with E-state index in [1.54, 1.807) is 4.90 Å². The molecule has 1 aromatic rings. The number of hydrogen-bond acceptors (Lipinski definition) is 2. The molecule has 3 nitrogen and oxygen atoms in total. The van der Waals surface area contributed by atoms with E-state index < -0.39 is 12.0 Å². The van der Waals surface area contributed by atoms with E-state index in [0.29, 0.717) is 19.0 Å². The van der Waals surface area contributed by atoms with E-state index >= 15 is 0 Å². The van der Waals surface area contributed by atoms with Gasteiger partial charge in [-0.15, -0.1) is 0 Å². The first-order chi connectivity index (χ1) is 10.5. The van der Waals surface area contributed by atoms with Gasteiger partial charge in [-0.25, -0.2) is 8.78 Å². The SMILES string of the molecule is O=C(C1CC(F)(F)CN1)N1CCC(Cc2ccccc2)CC1. The fourth-order valence-corrected chi connectivity index (χ4v) is 3.42. The van der Waals surface area contributed by atoms with Crippen LogP contribution in [0.25, 0.3) is 0 Å². The molecule has 22 heavy (non-hydrogen) atoms. The fourth-order valence-electron chi connectivity index (χ4n) is 3.42. The number of carbonyl (C=O) groups excluding carboxylic acids is 1. The number of alkyl halides is 2. The van der Waals surface area contributed by atoms with Gasteiger partial charge in [0.25, 0.3) is 5.92 Å². The predicted octanol–water partition coefficient (Wildman–Crippen LogP) is 2.46. The molecule has 0 saturated carbocycles. The number of rotatable bonds is 3. The minimum atomic E-state index is -2.74. The lowest BCUT2D eigenvalue weighted by Gasteiger charge is -2.33. The van der Waals surface area contributed by atoms with Crippen LogP contribution in [-0.4, -0.2) is 42.4 Å². The number of likely N-dealkylation sites (tertiary alicyclic amines) is 1. The minimum Gasteiger partial charge on any atom is -0.341 e. The van der Waals surface area contributed by atoms with Gasteiger partial charge in [-0.1, -0.05) is 30.3 Å². The van der Waals surface area contributed by atoms with Crippen molar-refractivity contribution in [1.82, 2.24) is 10.2 Å². The fraction of sp³-hybridized carbons (Fsp3) is 0.588. The first kappa shape index (κ1) is 15.4. The standard InChI is InChI=1S/C17H22F2N2O/c18-17(19)11-15(20-12-17)16(22)21-8-6-14(7-9-21)10-13-4-2-1-3-5-13/h1-5,14-15,20H,6-12H2. The number of carbonyl (C=O) groups is 1. The first-order valence-electron chi connectivity index (χ1n) is 7.97. The zero-order chi connectivity index (χ0) is 15.6. The van der Waals surface area contributed by atoms with E-state index in [-0.39, 0.29) is 18.9 Å². The molecule has 5 heteroatoms. The molecule has 0 aliphatic carbocycles. The normalized spacial score (nSPS) is 25.4. The number of amides is 1. The van der Waals surface area contributed by atoms with Gasteiger partial charge in [0.05, 0.1) is 12.6 Å². The van der Waals surface area contributed by atoms with Crippen molar-refractivity contribution >= 4 is 5.91 Å². The molecule has 2 aliphatic heterocycles. The Morgan fingerprint density at radius 2 is 1.91 bits per heavy atom. The lowest BCUT2D eigenvalue weighted by atomic mass is 9.90. The van der Waals surface area contributed by atoms with E-state index in [1.807, 2.05) is 18.2 Å². The molecule has 0 aromatic heterocycles. The van der Waals surface area contributed by atoms with Crippen molar-refractivity contribution in [2.75, 3.05) is 19.6 Å². The molecule has 1 unspecified atom stereocenters. The highest BCUT2D eigenvalue weighted by Crippen LogP contribution is 2.28. The number of nitrogens with zero attached hydrogens (tertiary/aromatic N) is 1. The lowest BCUT2D eigenvalue weighted by molar-refractivity contribution is -0.135. The van der Waals surface area contributed by atoms with Gasteiger partial charge in [-0.2, -0.15) is 0 Å². The molecule has 2 heterocycles. The maximum atomic E-state index is 13.2. The molecule has 120 valence electrons. The summed E-state index contributed by atoms with van der Waals surface area (Å²) in [5, 5.41) is 2.65. The number of benzene rings is 1. The van der Waals surface area contributed by atoms with Crippen LogP contribution in [0.4, 0.5) is 8.78 Å².